The van der Waals surface area contributed by atoms with Crippen LogP contribution in [-0.4, -0.2) is 23.3 Å². The van der Waals surface area contributed by atoms with Crippen molar-refractivity contribution in [1.82, 2.24) is 5.32 Å². The number of hydrogen-bond acceptors (Lipinski definition) is 2. The van der Waals surface area contributed by atoms with E-state index in [4.69, 9.17) is 0 Å². The molecule has 0 amide bonds. The van der Waals surface area contributed by atoms with Gasteiger partial charge in [-0.05, 0) is 39.2 Å². The third-order valence-corrected chi connectivity index (χ3v) is 2.50. The topological polar surface area (TPSA) is 32.3 Å². The Balaban J connectivity index is 3.77. The summed E-state index contributed by atoms with van der Waals surface area (Å²) in [6.07, 6.45) is 0.816. The van der Waals surface area contributed by atoms with Gasteiger partial charge in [-0.1, -0.05) is 20.8 Å². The summed E-state index contributed by atoms with van der Waals surface area (Å²) in [7, 11) is 0. The zero-order valence-electron chi connectivity index (χ0n) is 9.94. The maximum absolute atomic E-state index is 9.45. The van der Waals surface area contributed by atoms with Crippen molar-refractivity contribution >= 4 is 0 Å². The predicted octanol–water partition coefficient (Wildman–Crippen LogP) is 2.17. The molecule has 2 heteroatoms. The second-order valence-corrected chi connectivity index (χ2v) is 5.64. The van der Waals surface area contributed by atoms with Crippen LogP contribution in [0.15, 0.2) is 0 Å². The molecule has 0 rings (SSSR count). The molecule has 0 aromatic carbocycles. The molecule has 0 aliphatic heterocycles. The summed E-state index contributed by atoms with van der Waals surface area (Å²) in [5.41, 5.74) is 0.188. The van der Waals surface area contributed by atoms with Crippen molar-refractivity contribution in [2.75, 3.05) is 6.54 Å². The zero-order valence-corrected chi connectivity index (χ0v) is 9.94. The van der Waals surface area contributed by atoms with E-state index < -0.39 is 0 Å². The third-order valence-electron chi connectivity index (χ3n) is 2.50. The van der Waals surface area contributed by atoms with Crippen LogP contribution in [-0.2, 0) is 0 Å². The van der Waals surface area contributed by atoms with Crippen molar-refractivity contribution in [1.29, 1.82) is 0 Å². The smallest absolute Gasteiger partial charge is 0.0688 e. The van der Waals surface area contributed by atoms with E-state index >= 15 is 0 Å². The molecule has 0 bridgehead atoms. The van der Waals surface area contributed by atoms with Crippen LogP contribution < -0.4 is 5.32 Å². The largest absolute Gasteiger partial charge is 0.392 e. The fourth-order valence-corrected chi connectivity index (χ4v) is 0.907. The highest BCUT2D eigenvalue weighted by atomic mass is 16.3. The summed E-state index contributed by atoms with van der Waals surface area (Å²) in [6, 6.07) is 0. The summed E-state index contributed by atoms with van der Waals surface area (Å²) in [4.78, 5) is 0. The molecule has 2 N–H and O–H groups in total. The van der Waals surface area contributed by atoms with Gasteiger partial charge in [-0.3, -0.25) is 0 Å². The number of rotatable bonds is 4. The minimum absolute atomic E-state index is 0.175. The lowest BCUT2D eigenvalue weighted by atomic mass is 9.91. The second-order valence-electron chi connectivity index (χ2n) is 5.64. The Morgan fingerprint density at radius 1 is 1.15 bits per heavy atom. The van der Waals surface area contributed by atoms with Gasteiger partial charge < -0.3 is 10.4 Å². The molecular weight excluding hydrogens is 162 g/mol. The van der Waals surface area contributed by atoms with Gasteiger partial charge in [0, 0.05) is 5.54 Å². The van der Waals surface area contributed by atoms with Crippen molar-refractivity contribution in [3.05, 3.63) is 0 Å². The molecule has 80 valence electrons. The van der Waals surface area contributed by atoms with Crippen LogP contribution in [0.1, 0.15) is 48.0 Å². The van der Waals surface area contributed by atoms with Crippen molar-refractivity contribution in [2.24, 2.45) is 5.41 Å². The molecule has 0 fully saturated rings. The lowest BCUT2D eigenvalue weighted by molar-refractivity contribution is 0.0945. The summed E-state index contributed by atoms with van der Waals surface area (Å²) in [5, 5.41) is 12.8. The average molecular weight is 187 g/mol. The lowest BCUT2D eigenvalue weighted by Crippen LogP contribution is -2.48. The Kier molecular flexibility index (Phi) is 4.40. The highest BCUT2D eigenvalue weighted by molar-refractivity contribution is 4.83. The molecule has 0 aromatic rings. The van der Waals surface area contributed by atoms with Crippen molar-refractivity contribution in [3.8, 4) is 0 Å². The van der Waals surface area contributed by atoms with Crippen LogP contribution in [0.3, 0.4) is 0 Å². The average Bonchev–Trinajstić information content (AvgIpc) is 1.82. The highest BCUT2D eigenvalue weighted by Crippen LogP contribution is 2.18. The molecule has 2 nitrogen and oxygen atoms in total. The quantitative estimate of drug-likeness (QED) is 0.707. The van der Waals surface area contributed by atoms with Gasteiger partial charge in [0.1, 0.15) is 0 Å². The molecule has 0 aliphatic carbocycles. The van der Waals surface area contributed by atoms with Crippen LogP contribution in [0.2, 0.25) is 0 Å². The normalized spacial score (nSPS) is 15.9. The van der Waals surface area contributed by atoms with Crippen LogP contribution >= 0.6 is 0 Å². The predicted molar refractivity (Wildman–Crippen MR) is 57.8 cm³/mol. The Hall–Kier alpha value is -0.0800. The number of aliphatic hydroxyl groups excluding tert-OH is 1. The van der Waals surface area contributed by atoms with Crippen LogP contribution in [0, 0.1) is 5.41 Å². The molecule has 0 aromatic heterocycles. The van der Waals surface area contributed by atoms with Crippen molar-refractivity contribution in [3.63, 3.8) is 0 Å². The van der Waals surface area contributed by atoms with E-state index in [-0.39, 0.29) is 11.6 Å². The van der Waals surface area contributed by atoms with E-state index in [1.165, 1.54) is 0 Å². The van der Waals surface area contributed by atoms with E-state index in [1.54, 1.807) is 0 Å². The molecule has 1 unspecified atom stereocenters. The Bertz CT molecular complexity index is 145. The molecule has 0 saturated carbocycles. The molecule has 0 heterocycles. The zero-order chi connectivity index (χ0) is 10.7. The van der Waals surface area contributed by atoms with E-state index in [9.17, 15) is 5.11 Å². The van der Waals surface area contributed by atoms with E-state index in [0.717, 1.165) is 13.0 Å². The summed E-state index contributed by atoms with van der Waals surface area (Å²) >= 11 is 0. The van der Waals surface area contributed by atoms with Gasteiger partial charge in [0.25, 0.3) is 0 Å². The van der Waals surface area contributed by atoms with Gasteiger partial charge in [-0.25, -0.2) is 0 Å². The summed E-state index contributed by atoms with van der Waals surface area (Å²) in [6.45, 7) is 13.5. The van der Waals surface area contributed by atoms with Gasteiger partial charge in [0.2, 0.25) is 0 Å². The third kappa shape index (κ3) is 6.05. The maximum Gasteiger partial charge on any atom is 0.0688 e. The molecule has 0 spiro atoms. The fourth-order valence-electron chi connectivity index (χ4n) is 0.907. The molecule has 13 heavy (non-hydrogen) atoms. The number of hydrogen-bond donors (Lipinski definition) is 2. The van der Waals surface area contributed by atoms with E-state index in [1.807, 2.05) is 20.8 Å². The fraction of sp³-hybridized carbons (Fsp3) is 1.00. The highest BCUT2D eigenvalue weighted by Gasteiger charge is 2.23. The molecule has 0 aliphatic rings. The maximum atomic E-state index is 9.45. The van der Waals surface area contributed by atoms with Crippen LogP contribution in [0.4, 0.5) is 0 Å². The molecule has 0 radical (unpaired) electrons. The van der Waals surface area contributed by atoms with Gasteiger partial charge in [0.15, 0.2) is 0 Å². The standard InChI is InChI=1S/C11H25NO/c1-9(13)11(5,6)12-8-7-10(2,3)4/h9,12-13H,7-8H2,1-6H3. The Labute approximate surface area is 82.7 Å². The number of aliphatic hydroxyl groups is 1. The van der Waals surface area contributed by atoms with Crippen LogP contribution in [0.5, 0.6) is 0 Å². The first-order chi connectivity index (χ1) is 5.65. The first-order valence-corrected chi connectivity index (χ1v) is 5.08. The monoisotopic (exact) mass is 187 g/mol. The lowest BCUT2D eigenvalue weighted by Gasteiger charge is -2.31. The molecule has 1 atom stereocenters. The first-order valence-electron chi connectivity index (χ1n) is 5.08. The van der Waals surface area contributed by atoms with Crippen molar-refractivity contribution < 1.29 is 5.11 Å². The van der Waals surface area contributed by atoms with Gasteiger partial charge in [-0.15, -0.1) is 0 Å². The Morgan fingerprint density at radius 2 is 1.62 bits per heavy atom. The van der Waals surface area contributed by atoms with Crippen molar-refractivity contribution in [2.45, 2.75) is 59.6 Å². The van der Waals surface area contributed by atoms with Crippen LogP contribution in [0.25, 0.3) is 0 Å². The minimum Gasteiger partial charge on any atom is -0.392 e. The number of nitrogens with one attached hydrogen (secondary N) is 1. The van der Waals surface area contributed by atoms with E-state index in [2.05, 4.69) is 26.1 Å². The summed E-state index contributed by atoms with van der Waals surface area (Å²) in [5.74, 6) is 0. The minimum atomic E-state index is -0.313. The molecule has 0 saturated heterocycles. The second kappa shape index (κ2) is 4.43. The SMILES string of the molecule is CC(O)C(C)(C)NCCC(C)(C)C. The van der Waals surface area contributed by atoms with Gasteiger partial charge in [0.05, 0.1) is 6.10 Å². The Morgan fingerprint density at radius 3 is 1.92 bits per heavy atom. The first kappa shape index (κ1) is 12.9. The van der Waals surface area contributed by atoms with E-state index in [0.29, 0.717) is 5.41 Å². The molecular formula is C11H25NO. The van der Waals surface area contributed by atoms with Gasteiger partial charge in [-0.2, -0.15) is 0 Å². The summed E-state index contributed by atoms with van der Waals surface area (Å²) < 4.78 is 0. The van der Waals surface area contributed by atoms with Gasteiger partial charge >= 0.3 is 0 Å².